The summed E-state index contributed by atoms with van der Waals surface area (Å²) in [6.07, 6.45) is 4.31. The fraction of sp³-hybridized carbons (Fsp3) is 0.917. The van der Waals surface area contributed by atoms with Crippen molar-refractivity contribution in [2.45, 2.75) is 43.9 Å². The third-order valence-corrected chi connectivity index (χ3v) is 4.79. The van der Waals surface area contributed by atoms with E-state index in [1.807, 2.05) is 16.7 Å². The van der Waals surface area contributed by atoms with Gasteiger partial charge in [-0.25, -0.2) is 0 Å². The third-order valence-electron chi connectivity index (χ3n) is 3.43. The molecule has 1 amide bonds. The predicted octanol–water partition coefficient (Wildman–Crippen LogP) is 1.48. The first-order valence-electron chi connectivity index (χ1n) is 6.38. The van der Waals surface area contributed by atoms with E-state index in [4.69, 9.17) is 0 Å². The van der Waals surface area contributed by atoms with Crippen LogP contribution >= 0.6 is 11.8 Å². The summed E-state index contributed by atoms with van der Waals surface area (Å²) in [4.78, 5) is 13.8. The Balaban J connectivity index is 1.58. The first-order chi connectivity index (χ1) is 7.75. The summed E-state index contributed by atoms with van der Waals surface area (Å²) >= 11 is 2.03. The van der Waals surface area contributed by atoms with Crippen LogP contribution in [0.1, 0.15) is 32.6 Å². The number of carbonyl (C=O) groups is 1. The summed E-state index contributed by atoms with van der Waals surface area (Å²) in [6, 6.07) is 0.631. The quantitative estimate of drug-likeness (QED) is 0.810. The minimum atomic E-state index is 0.337. The Bertz CT molecular complexity index is 241. The first-order valence-corrected chi connectivity index (χ1v) is 7.43. The van der Waals surface area contributed by atoms with Gasteiger partial charge in [0.15, 0.2) is 0 Å². The van der Waals surface area contributed by atoms with Crippen LogP contribution in [0.4, 0.5) is 0 Å². The molecule has 4 heteroatoms. The lowest BCUT2D eigenvalue weighted by Gasteiger charge is -2.16. The van der Waals surface area contributed by atoms with Crippen LogP contribution in [0.3, 0.4) is 0 Å². The Labute approximate surface area is 102 Å². The smallest absolute Gasteiger partial charge is 0.223 e. The van der Waals surface area contributed by atoms with E-state index < -0.39 is 0 Å². The zero-order chi connectivity index (χ0) is 11.4. The van der Waals surface area contributed by atoms with Crippen LogP contribution in [0.25, 0.3) is 0 Å². The summed E-state index contributed by atoms with van der Waals surface area (Å²) in [5.74, 6) is 1.54. The number of carbonyl (C=O) groups excluding carboxylic acids is 1. The van der Waals surface area contributed by atoms with Crippen molar-refractivity contribution in [1.82, 2.24) is 10.2 Å². The topological polar surface area (TPSA) is 32.3 Å². The highest BCUT2D eigenvalue weighted by Gasteiger charge is 2.22. The van der Waals surface area contributed by atoms with Crippen molar-refractivity contribution >= 4 is 17.7 Å². The van der Waals surface area contributed by atoms with Crippen molar-refractivity contribution in [3.63, 3.8) is 0 Å². The molecule has 2 fully saturated rings. The zero-order valence-corrected chi connectivity index (χ0v) is 10.9. The zero-order valence-electron chi connectivity index (χ0n) is 10.1. The Morgan fingerprint density at radius 3 is 2.81 bits per heavy atom. The monoisotopic (exact) mass is 242 g/mol. The molecule has 0 aromatic heterocycles. The highest BCUT2D eigenvalue weighted by molar-refractivity contribution is 8.00. The van der Waals surface area contributed by atoms with Crippen molar-refractivity contribution in [3.05, 3.63) is 0 Å². The summed E-state index contributed by atoms with van der Waals surface area (Å²) < 4.78 is 0. The van der Waals surface area contributed by atoms with E-state index in [1.54, 1.807) is 0 Å². The van der Waals surface area contributed by atoms with Gasteiger partial charge in [-0.3, -0.25) is 4.79 Å². The molecule has 16 heavy (non-hydrogen) atoms. The molecule has 1 N–H and O–H groups in total. The maximum atomic E-state index is 11.8. The van der Waals surface area contributed by atoms with Crippen molar-refractivity contribution in [2.75, 3.05) is 25.4 Å². The molecule has 0 radical (unpaired) electrons. The molecular weight excluding hydrogens is 220 g/mol. The van der Waals surface area contributed by atoms with E-state index in [0.717, 1.165) is 24.9 Å². The van der Waals surface area contributed by atoms with Crippen molar-refractivity contribution in [2.24, 2.45) is 0 Å². The van der Waals surface area contributed by atoms with Gasteiger partial charge in [-0.05, 0) is 19.3 Å². The number of nitrogens with zero attached hydrogens (tertiary/aromatic N) is 1. The number of likely N-dealkylation sites (tertiary alicyclic amines) is 1. The maximum Gasteiger partial charge on any atom is 0.223 e. The molecule has 2 heterocycles. The van der Waals surface area contributed by atoms with Crippen LogP contribution < -0.4 is 5.32 Å². The van der Waals surface area contributed by atoms with Crippen LogP contribution in [0.5, 0.6) is 0 Å². The molecule has 2 aliphatic heterocycles. The van der Waals surface area contributed by atoms with Gasteiger partial charge in [0.1, 0.15) is 0 Å². The third kappa shape index (κ3) is 3.39. The van der Waals surface area contributed by atoms with Crippen molar-refractivity contribution in [3.8, 4) is 0 Å². The molecule has 2 atom stereocenters. The van der Waals surface area contributed by atoms with Gasteiger partial charge in [0.25, 0.3) is 0 Å². The van der Waals surface area contributed by atoms with Crippen LogP contribution in [0, 0.1) is 0 Å². The van der Waals surface area contributed by atoms with E-state index in [1.165, 1.54) is 25.0 Å². The fourth-order valence-corrected chi connectivity index (χ4v) is 3.65. The Morgan fingerprint density at radius 1 is 1.44 bits per heavy atom. The largest absolute Gasteiger partial charge is 0.343 e. The summed E-state index contributed by atoms with van der Waals surface area (Å²) in [7, 11) is 0. The highest BCUT2D eigenvalue weighted by atomic mass is 32.2. The van der Waals surface area contributed by atoms with E-state index in [-0.39, 0.29) is 0 Å². The number of amides is 1. The highest BCUT2D eigenvalue weighted by Crippen LogP contribution is 2.25. The summed E-state index contributed by atoms with van der Waals surface area (Å²) in [5.41, 5.74) is 0. The second kappa shape index (κ2) is 5.92. The lowest BCUT2D eigenvalue weighted by Crippen LogP contribution is -2.34. The molecule has 92 valence electrons. The number of hydrogen-bond acceptors (Lipinski definition) is 3. The van der Waals surface area contributed by atoms with E-state index >= 15 is 0 Å². The van der Waals surface area contributed by atoms with Gasteiger partial charge in [0, 0.05) is 43.1 Å². The van der Waals surface area contributed by atoms with Gasteiger partial charge in [0.05, 0.1) is 0 Å². The van der Waals surface area contributed by atoms with Gasteiger partial charge in [0.2, 0.25) is 5.91 Å². The minimum Gasteiger partial charge on any atom is -0.343 e. The number of hydrogen-bond donors (Lipinski definition) is 1. The van der Waals surface area contributed by atoms with E-state index in [0.29, 0.717) is 18.4 Å². The Morgan fingerprint density at radius 2 is 2.19 bits per heavy atom. The van der Waals surface area contributed by atoms with E-state index in [9.17, 15) is 4.79 Å². The van der Waals surface area contributed by atoms with Gasteiger partial charge in [-0.2, -0.15) is 11.8 Å². The van der Waals surface area contributed by atoms with Gasteiger partial charge < -0.3 is 10.2 Å². The molecule has 2 rings (SSSR count). The van der Waals surface area contributed by atoms with Gasteiger partial charge >= 0.3 is 0 Å². The molecule has 2 saturated heterocycles. The second-order valence-electron chi connectivity index (χ2n) is 4.87. The molecule has 0 saturated carbocycles. The van der Waals surface area contributed by atoms with Gasteiger partial charge in [-0.15, -0.1) is 0 Å². The predicted molar refractivity (Wildman–Crippen MR) is 68.8 cm³/mol. The maximum absolute atomic E-state index is 11.8. The van der Waals surface area contributed by atoms with E-state index in [2.05, 4.69) is 12.2 Å². The Kier molecular flexibility index (Phi) is 4.53. The normalized spacial score (nSPS) is 29.9. The average Bonchev–Trinajstić information content (AvgIpc) is 2.89. The Hall–Kier alpha value is -0.220. The van der Waals surface area contributed by atoms with Crippen LogP contribution in [0.15, 0.2) is 0 Å². The molecule has 0 bridgehead atoms. The van der Waals surface area contributed by atoms with Crippen molar-refractivity contribution < 1.29 is 4.79 Å². The lowest BCUT2D eigenvalue weighted by atomic mass is 10.2. The number of nitrogens with one attached hydrogen (secondary N) is 1. The molecule has 2 aliphatic rings. The fourth-order valence-electron chi connectivity index (χ4n) is 2.47. The molecule has 0 spiro atoms. The summed E-state index contributed by atoms with van der Waals surface area (Å²) in [6.45, 7) is 5.10. The van der Waals surface area contributed by atoms with Crippen LogP contribution in [0.2, 0.25) is 0 Å². The molecule has 2 unspecified atom stereocenters. The molecule has 0 aromatic rings. The number of thioether (sulfide) groups is 1. The standard InChI is InChI=1S/C12H22N2OS/c1-10-8-11(9-16-10)13-5-4-12(15)14-6-2-3-7-14/h10-11,13H,2-9H2,1H3. The first kappa shape index (κ1) is 12.2. The van der Waals surface area contributed by atoms with Gasteiger partial charge in [-0.1, -0.05) is 6.92 Å². The number of rotatable bonds is 4. The van der Waals surface area contributed by atoms with Crippen LogP contribution in [-0.4, -0.2) is 47.5 Å². The SMILES string of the molecule is CC1CC(NCCC(=O)N2CCCC2)CS1. The van der Waals surface area contributed by atoms with Crippen molar-refractivity contribution in [1.29, 1.82) is 0 Å². The molecular formula is C12H22N2OS. The molecule has 0 aromatic carbocycles. The molecule has 0 aliphatic carbocycles. The minimum absolute atomic E-state index is 0.337. The van der Waals surface area contributed by atoms with Crippen LogP contribution in [-0.2, 0) is 4.79 Å². The summed E-state index contributed by atoms with van der Waals surface area (Å²) in [5, 5.41) is 4.28. The molecule has 3 nitrogen and oxygen atoms in total. The second-order valence-corrected chi connectivity index (χ2v) is 6.34. The average molecular weight is 242 g/mol. The lowest BCUT2D eigenvalue weighted by molar-refractivity contribution is -0.130.